The molecule has 0 radical (unpaired) electrons. The molecule has 1 aromatic heterocycles. The molecule has 25 heavy (non-hydrogen) atoms. The zero-order valence-corrected chi connectivity index (χ0v) is 14.6. The lowest BCUT2D eigenvalue weighted by atomic mass is 9.83. The molecular weight excluding hydrogens is 320 g/mol. The fraction of sp³-hybridized carbons (Fsp3) is 0.647. The zero-order chi connectivity index (χ0) is 18.0. The van der Waals surface area contributed by atoms with Crippen LogP contribution in [0.25, 0.3) is 0 Å². The number of likely N-dealkylation sites (tertiary alicyclic amines) is 2. The maximum Gasteiger partial charge on any atom is 0.257 e. The zero-order valence-electron chi connectivity index (χ0n) is 14.6. The number of amides is 2. The van der Waals surface area contributed by atoms with Crippen LogP contribution in [0.5, 0.6) is 0 Å². The SMILES string of the molecule is Cc1nc(N)ncc1C(=O)N1CC[C@@H]2[C@@H](CCC(=O)N2CCCN)C1. The second kappa shape index (κ2) is 7.35. The molecular formula is C17H26N6O2. The maximum absolute atomic E-state index is 12.8. The number of nitrogens with two attached hydrogens (primary N) is 2. The summed E-state index contributed by atoms with van der Waals surface area (Å²) >= 11 is 0. The molecule has 8 nitrogen and oxygen atoms in total. The third-order valence-corrected chi connectivity index (χ3v) is 5.26. The summed E-state index contributed by atoms with van der Waals surface area (Å²) in [6, 6.07) is 0.223. The summed E-state index contributed by atoms with van der Waals surface area (Å²) in [5.41, 5.74) is 12.3. The summed E-state index contributed by atoms with van der Waals surface area (Å²) in [6.45, 7) is 4.37. The summed E-state index contributed by atoms with van der Waals surface area (Å²) in [5.74, 6) is 0.663. The van der Waals surface area contributed by atoms with Crippen LogP contribution >= 0.6 is 0 Å². The van der Waals surface area contributed by atoms with Crippen molar-refractivity contribution in [3.63, 3.8) is 0 Å². The van der Waals surface area contributed by atoms with Crippen molar-refractivity contribution in [2.45, 2.75) is 38.6 Å². The molecule has 0 unspecified atom stereocenters. The number of hydrogen-bond donors (Lipinski definition) is 2. The van der Waals surface area contributed by atoms with E-state index in [-0.39, 0.29) is 23.8 Å². The Balaban J connectivity index is 1.70. The molecule has 2 aliphatic rings. The van der Waals surface area contributed by atoms with Crippen LogP contribution in [0.1, 0.15) is 41.7 Å². The lowest BCUT2D eigenvalue weighted by molar-refractivity contribution is -0.140. The number of hydrogen-bond acceptors (Lipinski definition) is 6. The van der Waals surface area contributed by atoms with Gasteiger partial charge in [-0.3, -0.25) is 9.59 Å². The molecule has 0 saturated carbocycles. The van der Waals surface area contributed by atoms with E-state index in [9.17, 15) is 9.59 Å². The van der Waals surface area contributed by atoms with Crippen molar-refractivity contribution in [2.75, 3.05) is 31.9 Å². The maximum atomic E-state index is 12.8. The van der Waals surface area contributed by atoms with Crippen molar-refractivity contribution in [1.29, 1.82) is 0 Å². The smallest absolute Gasteiger partial charge is 0.257 e. The third kappa shape index (κ3) is 3.58. The largest absolute Gasteiger partial charge is 0.368 e. The number of fused-ring (bicyclic) bond motifs is 1. The van der Waals surface area contributed by atoms with Crippen molar-refractivity contribution in [2.24, 2.45) is 11.7 Å². The number of aromatic nitrogens is 2. The molecule has 2 aliphatic heterocycles. The topological polar surface area (TPSA) is 118 Å². The van der Waals surface area contributed by atoms with Gasteiger partial charge in [-0.2, -0.15) is 0 Å². The first-order valence-electron chi connectivity index (χ1n) is 8.89. The number of rotatable bonds is 4. The first kappa shape index (κ1) is 17.6. The molecule has 3 heterocycles. The van der Waals surface area contributed by atoms with Crippen LogP contribution in [0.15, 0.2) is 6.20 Å². The van der Waals surface area contributed by atoms with Gasteiger partial charge in [0.1, 0.15) is 0 Å². The molecule has 1 aromatic rings. The van der Waals surface area contributed by atoms with Crippen molar-refractivity contribution < 1.29 is 9.59 Å². The van der Waals surface area contributed by atoms with Crippen LogP contribution in [-0.2, 0) is 4.79 Å². The first-order valence-corrected chi connectivity index (χ1v) is 8.89. The van der Waals surface area contributed by atoms with E-state index in [0.29, 0.717) is 43.2 Å². The van der Waals surface area contributed by atoms with Crippen LogP contribution < -0.4 is 11.5 Å². The number of nitrogens with zero attached hydrogens (tertiary/aromatic N) is 4. The molecule has 0 aliphatic carbocycles. The molecule has 0 bridgehead atoms. The number of nitrogen functional groups attached to an aromatic ring is 1. The first-order chi connectivity index (χ1) is 12.0. The normalized spacial score (nSPS) is 23.5. The summed E-state index contributed by atoms with van der Waals surface area (Å²) in [6.07, 6.45) is 4.52. The second-order valence-corrected chi connectivity index (χ2v) is 6.86. The van der Waals surface area contributed by atoms with Gasteiger partial charge in [0.25, 0.3) is 5.91 Å². The molecule has 8 heteroatoms. The van der Waals surface area contributed by atoms with Gasteiger partial charge in [-0.25, -0.2) is 9.97 Å². The predicted octanol–water partition coefficient (Wildman–Crippen LogP) is 0.169. The number of aryl methyl sites for hydroxylation is 1. The lowest BCUT2D eigenvalue weighted by Crippen LogP contribution is -2.57. The number of piperidine rings is 2. The van der Waals surface area contributed by atoms with Gasteiger partial charge in [0.2, 0.25) is 11.9 Å². The van der Waals surface area contributed by atoms with E-state index in [0.717, 1.165) is 25.8 Å². The van der Waals surface area contributed by atoms with Crippen molar-refractivity contribution in [1.82, 2.24) is 19.8 Å². The minimum Gasteiger partial charge on any atom is -0.368 e. The summed E-state index contributed by atoms with van der Waals surface area (Å²) in [5, 5.41) is 0. The highest BCUT2D eigenvalue weighted by molar-refractivity contribution is 5.95. The molecule has 3 rings (SSSR count). The van der Waals surface area contributed by atoms with Gasteiger partial charge in [0.15, 0.2) is 0 Å². The summed E-state index contributed by atoms with van der Waals surface area (Å²) < 4.78 is 0. The van der Waals surface area contributed by atoms with Gasteiger partial charge < -0.3 is 21.3 Å². The highest BCUT2D eigenvalue weighted by atomic mass is 16.2. The van der Waals surface area contributed by atoms with E-state index in [2.05, 4.69) is 9.97 Å². The van der Waals surface area contributed by atoms with E-state index in [4.69, 9.17) is 11.5 Å². The minimum absolute atomic E-state index is 0.0543. The fourth-order valence-corrected chi connectivity index (χ4v) is 3.95. The van der Waals surface area contributed by atoms with Gasteiger partial charge in [0.05, 0.1) is 11.3 Å². The molecule has 2 fully saturated rings. The molecule has 2 atom stereocenters. The van der Waals surface area contributed by atoms with Crippen molar-refractivity contribution in [3.8, 4) is 0 Å². The van der Waals surface area contributed by atoms with E-state index in [1.165, 1.54) is 6.20 Å². The van der Waals surface area contributed by atoms with E-state index < -0.39 is 0 Å². The highest BCUT2D eigenvalue weighted by Gasteiger charge is 2.40. The monoisotopic (exact) mass is 346 g/mol. The van der Waals surface area contributed by atoms with Crippen LogP contribution in [0.2, 0.25) is 0 Å². The van der Waals surface area contributed by atoms with Crippen LogP contribution in [-0.4, -0.2) is 63.8 Å². The van der Waals surface area contributed by atoms with Gasteiger partial charge >= 0.3 is 0 Å². The minimum atomic E-state index is -0.0543. The molecule has 0 spiro atoms. The van der Waals surface area contributed by atoms with Crippen LogP contribution in [0.4, 0.5) is 5.95 Å². The molecule has 4 N–H and O–H groups in total. The molecule has 0 aromatic carbocycles. The molecule has 2 amide bonds. The number of anilines is 1. The quantitative estimate of drug-likeness (QED) is 0.802. The average Bonchev–Trinajstić information content (AvgIpc) is 2.60. The Labute approximate surface area is 147 Å². The Morgan fingerprint density at radius 2 is 2.20 bits per heavy atom. The Kier molecular flexibility index (Phi) is 5.17. The van der Waals surface area contributed by atoms with Gasteiger partial charge in [-0.15, -0.1) is 0 Å². The fourth-order valence-electron chi connectivity index (χ4n) is 3.95. The Morgan fingerprint density at radius 1 is 1.40 bits per heavy atom. The van der Waals surface area contributed by atoms with Gasteiger partial charge in [-0.1, -0.05) is 0 Å². The second-order valence-electron chi connectivity index (χ2n) is 6.86. The van der Waals surface area contributed by atoms with Crippen molar-refractivity contribution >= 4 is 17.8 Å². The molecule has 136 valence electrons. The summed E-state index contributed by atoms with van der Waals surface area (Å²) in [4.78, 5) is 37.0. The Bertz CT molecular complexity index is 665. The Morgan fingerprint density at radius 3 is 2.92 bits per heavy atom. The lowest BCUT2D eigenvalue weighted by Gasteiger charge is -2.47. The summed E-state index contributed by atoms with van der Waals surface area (Å²) in [7, 11) is 0. The third-order valence-electron chi connectivity index (χ3n) is 5.26. The Hall–Kier alpha value is -2.22. The highest BCUT2D eigenvalue weighted by Crippen LogP contribution is 2.32. The van der Waals surface area contributed by atoms with Gasteiger partial charge in [0, 0.05) is 38.3 Å². The van der Waals surface area contributed by atoms with E-state index in [1.807, 2.05) is 9.80 Å². The molecule has 2 saturated heterocycles. The van der Waals surface area contributed by atoms with Gasteiger partial charge in [-0.05, 0) is 38.6 Å². The number of carbonyl (C=O) groups is 2. The number of carbonyl (C=O) groups excluding carboxylic acids is 2. The standard InChI is InChI=1S/C17H26N6O2/c1-11-13(9-20-17(19)21-11)16(25)22-8-5-14-12(10-22)3-4-15(24)23(14)7-2-6-18/h9,12,14H,2-8,10,18H2,1H3,(H2,19,20,21)/t12-,14+/m0/s1. The average molecular weight is 346 g/mol. The van der Waals surface area contributed by atoms with Crippen LogP contribution in [0, 0.1) is 12.8 Å². The predicted molar refractivity (Wildman–Crippen MR) is 93.6 cm³/mol. The van der Waals surface area contributed by atoms with Crippen molar-refractivity contribution in [3.05, 3.63) is 17.5 Å². The van der Waals surface area contributed by atoms with Crippen LogP contribution in [0.3, 0.4) is 0 Å². The van der Waals surface area contributed by atoms with E-state index >= 15 is 0 Å². The van der Waals surface area contributed by atoms with E-state index in [1.54, 1.807) is 6.92 Å².